The lowest BCUT2D eigenvalue weighted by Gasteiger charge is -2.21. The van der Waals surface area contributed by atoms with Gasteiger partial charge in [0.05, 0.1) is 27.0 Å². The average molecular weight is 551 g/mol. The maximum absolute atomic E-state index is 13.3. The summed E-state index contributed by atoms with van der Waals surface area (Å²) in [5, 5.41) is 19.3. The predicted octanol–water partition coefficient (Wildman–Crippen LogP) is 7.80. The molecule has 1 atom stereocenters. The summed E-state index contributed by atoms with van der Waals surface area (Å²) in [5.41, 5.74) is 3.31. The van der Waals surface area contributed by atoms with Crippen LogP contribution in [0.2, 0.25) is 0 Å². The summed E-state index contributed by atoms with van der Waals surface area (Å²) < 4.78 is 38.5. The summed E-state index contributed by atoms with van der Waals surface area (Å²) in [7, 11) is -3.79. The molecule has 40 heavy (non-hydrogen) atoms. The lowest BCUT2D eigenvalue weighted by Crippen LogP contribution is -2.13. The Labute approximate surface area is 236 Å². The molecule has 0 saturated carbocycles. The lowest BCUT2D eigenvalue weighted by molar-refractivity contribution is 0.226. The minimum Gasteiger partial charge on any atom is -0.486 e. The minimum absolute atomic E-state index is 0.115. The first-order valence-corrected chi connectivity index (χ1v) is 14.3. The molecule has 0 radical (unpaired) electrons. The van der Waals surface area contributed by atoms with Crippen LogP contribution in [-0.2, 0) is 15.3 Å². The van der Waals surface area contributed by atoms with Crippen molar-refractivity contribution in [2.75, 3.05) is 0 Å². The molecule has 0 aliphatic carbocycles. The molecule has 0 aromatic heterocycles. The van der Waals surface area contributed by atoms with Crippen LogP contribution in [0.15, 0.2) is 94.7 Å². The number of nitriles is 2. The highest BCUT2D eigenvalue weighted by molar-refractivity contribution is 7.91. The number of rotatable bonds is 7. The zero-order chi connectivity index (χ0) is 29.1. The third-order valence-electron chi connectivity index (χ3n) is 6.61. The van der Waals surface area contributed by atoms with Crippen molar-refractivity contribution in [2.45, 2.75) is 55.9 Å². The number of hydrogen-bond donors (Lipinski definition) is 0. The maximum atomic E-state index is 13.3. The van der Waals surface area contributed by atoms with Gasteiger partial charge in [0.1, 0.15) is 29.4 Å². The SMILES string of the molecule is Cc1cccc(C(C)Oc2ccc(S(=O)(=O)c3ccc(Oc4cccc(C(C)(C)C)c4C#N)cc3)cc2)c1C#N. The van der Waals surface area contributed by atoms with Crippen molar-refractivity contribution in [3.8, 4) is 29.4 Å². The smallest absolute Gasteiger partial charge is 0.206 e. The lowest BCUT2D eigenvalue weighted by atomic mass is 9.84. The normalized spacial score (nSPS) is 12.2. The Morgan fingerprint density at radius 2 is 1.30 bits per heavy atom. The van der Waals surface area contributed by atoms with E-state index < -0.39 is 15.9 Å². The molecule has 0 spiro atoms. The fourth-order valence-corrected chi connectivity index (χ4v) is 5.71. The highest BCUT2D eigenvalue weighted by Crippen LogP contribution is 2.34. The van der Waals surface area contributed by atoms with E-state index in [4.69, 9.17) is 9.47 Å². The van der Waals surface area contributed by atoms with Gasteiger partial charge in [-0.3, -0.25) is 0 Å². The van der Waals surface area contributed by atoms with Crippen LogP contribution < -0.4 is 9.47 Å². The molecule has 202 valence electrons. The second-order valence-corrected chi connectivity index (χ2v) is 12.4. The van der Waals surface area contributed by atoms with Crippen molar-refractivity contribution >= 4 is 9.84 Å². The number of sulfone groups is 1. The Bertz CT molecular complexity index is 1720. The molecular formula is C33H30N2O4S. The molecule has 0 aliphatic heterocycles. The standard InChI is InChI=1S/C33H30N2O4S/c1-22-8-6-9-28(29(22)20-34)23(2)38-24-12-16-26(17-13-24)40(36,37)27-18-14-25(15-19-27)39-32-11-7-10-31(30(32)21-35)33(3,4)5/h6-19,23H,1-5H3. The van der Waals surface area contributed by atoms with Crippen LogP contribution in [-0.4, -0.2) is 8.42 Å². The molecule has 0 fully saturated rings. The summed E-state index contributed by atoms with van der Waals surface area (Å²) in [4.78, 5) is 0.239. The second-order valence-electron chi connectivity index (χ2n) is 10.5. The van der Waals surface area contributed by atoms with Crippen molar-refractivity contribution in [1.29, 1.82) is 10.5 Å². The largest absolute Gasteiger partial charge is 0.486 e. The number of benzene rings is 4. The zero-order valence-electron chi connectivity index (χ0n) is 23.1. The van der Waals surface area contributed by atoms with E-state index in [1.165, 1.54) is 24.3 Å². The molecule has 0 aliphatic rings. The maximum Gasteiger partial charge on any atom is 0.206 e. The number of nitrogens with zero attached hydrogens (tertiary/aromatic N) is 2. The monoisotopic (exact) mass is 550 g/mol. The molecule has 0 heterocycles. The van der Waals surface area contributed by atoms with Crippen molar-refractivity contribution in [3.63, 3.8) is 0 Å². The molecule has 4 aromatic rings. The topological polar surface area (TPSA) is 100 Å². The number of aryl methyl sites for hydroxylation is 1. The van der Waals surface area contributed by atoms with Crippen LogP contribution in [0.4, 0.5) is 0 Å². The zero-order valence-corrected chi connectivity index (χ0v) is 23.9. The predicted molar refractivity (Wildman–Crippen MR) is 153 cm³/mol. The molecule has 0 N–H and O–H groups in total. The van der Waals surface area contributed by atoms with Crippen LogP contribution in [0, 0.1) is 29.6 Å². The first-order chi connectivity index (χ1) is 19.0. The summed E-state index contributed by atoms with van der Waals surface area (Å²) >= 11 is 0. The van der Waals surface area contributed by atoms with Gasteiger partial charge in [-0.2, -0.15) is 10.5 Å². The molecular weight excluding hydrogens is 520 g/mol. The Morgan fingerprint density at radius 1 is 0.750 bits per heavy atom. The number of hydrogen-bond acceptors (Lipinski definition) is 6. The van der Waals surface area contributed by atoms with Crippen LogP contribution >= 0.6 is 0 Å². The Balaban J connectivity index is 1.51. The average Bonchev–Trinajstić information content (AvgIpc) is 2.93. The fourth-order valence-electron chi connectivity index (χ4n) is 4.45. The van der Waals surface area contributed by atoms with Crippen molar-refractivity contribution in [1.82, 2.24) is 0 Å². The van der Waals surface area contributed by atoms with Gasteiger partial charge >= 0.3 is 0 Å². The van der Waals surface area contributed by atoms with Crippen LogP contribution in [0.5, 0.6) is 17.2 Å². The van der Waals surface area contributed by atoms with Crippen LogP contribution in [0.1, 0.15) is 61.6 Å². The van der Waals surface area contributed by atoms with E-state index >= 15 is 0 Å². The summed E-state index contributed by atoms with van der Waals surface area (Å²) in [6.45, 7) is 9.81. The van der Waals surface area contributed by atoms with Gasteiger partial charge in [0.2, 0.25) is 9.84 Å². The summed E-state index contributed by atoms with van der Waals surface area (Å²) in [5.74, 6) is 1.33. The quantitative estimate of drug-likeness (QED) is 0.233. The van der Waals surface area contributed by atoms with Gasteiger partial charge < -0.3 is 9.47 Å². The molecule has 1 unspecified atom stereocenters. The molecule has 0 amide bonds. The van der Waals surface area contributed by atoms with Gasteiger partial charge in [-0.25, -0.2) is 8.42 Å². The van der Waals surface area contributed by atoms with Gasteiger partial charge in [0.15, 0.2) is 0 Å². The van der Waals surface area contributed by atoms with Crippen LogP contribution in [0.3, 0.4) is 0 Å². The Morgan fingerprint density at radius 3 is 1.85 bits per heavy atom. The van der Waals surface area contributed by atoms with Gasteiger partial charge in [0.25, 0.3) is 0 Å². The van der Waals surface area contributed by atoms with E-state index in [0.29, 0.717) is 28.4 Å². The molecule has 0 bridgehead atoms. The van der Waals surface area contributed by atoms with Crippen LogP contribution in [0.25, 0.3) is 0 Å². The fraction of sp³-hybridized carbons (Fsp3) is 0.212. The van der Waals surface area contributed by atoms with Gasteiger partial charge in [-0.1, -0.05) is 51.1 Å². The molecule has 4 aromatic carbocycles. The van der Waals surface area contributed by atoms with E-state index in [1.54, 1.807) is 30.3 Å². The Kier molecular flexibility index (Phi) is 8.00. The number of ether oxygens (including phenoxy) is 2. The Hall–Kier alpha value is -4.59. The molecule has 6 nitrogen and oxygen atoms in total. The minimum atomic E-state index is -3.79. The third-order valence-corrected chi connectivity index (χ3v) is 8.40. The van der Waals surface area contributed by atoms with E-state index in [1.807, 2.05) is 65.0 Å². The highest BCUT2D eigenvalue weighted by atomic mass is 32.2. The van der Waals surface area contributed by atoms with Gasteiger partial charge in [-0.15, -0.1) is 0 Å². The van der Waals surface area contributed by atoms with Crippen molar-refractivity contribution in [3.05, 3.63) is 113 Å². The summed E-state index contributed by atoms with van der Waals surface area (Å²) in [6, 6.07) is 27.9. The highest BCUT2D eigenvalue weighted by Gasteiger charge is 2.22. The van der Waals surface area contributed by atoms with E-state index in [0.717, 1.165) is 16.7 Å². The van der Waals surface area contributed by atoms with E-state index in [2.05, 4.69) is 12.1 Å². The molecule has 4 rings (SSSR count). The summed E-state index contributed by atoms with van der Waals surface area (Å²) in [6.07, 6.45) is -0.393. The second kappa shape index (κ2) is 11.3. The molecule has 0 saturated heterocycles. The van der Waals surface area contributed by atoms with Crippen molar-refractivity contribution < 1.29 is 17.9 Å². The molecule has 7 heteroatoms. The van der Waals surface area contributed by atoms with Gasteiger partial charge in [-0.05, 0) is 85.0 Å². The van der Waals surface area contributed by atoms with E-state index in [-0.39, 0.29) is 15.2 Å². The van der Waals surface area contributed by atoms with E-state index in [9.17, 15) is 18.9 Å². The third kappa shape index (κ3) is 5.86. The van der Waals surface area contributed by atoms with Crippen molar-refractivity contribution in [2.24, 2.45) is 0 Å². The first-order valence-electron chi connectivity index (χ1n) is 12.8. The first kappa shape index (κ1) is 28.4. The van der Waals surface area contributed by atoms with Gasteiger partial charge in [0, 0.05) is 5.56 Å².